The number of benzene rings is 1. The summed E-state index contributed by atoms with van der Waals surface area (Å²) in [5.41, 5.74) is 4.11. The van der Waals surface area contributed by atoms with Crippen LogP contribution < -0.4 is 10.5 Å². The number of fused-ring (bicyclic) bond motifs is 1. The summed E-state index contributed by atoms with van der Waals surface area (Å²) < 4.78 is 47.7. The number of nitrogens with zero attached hydrogens (tertiary/aromatic N) is 2. The molecule has 0 aliphatic heterocycles. The average molecular weight is 425 g/mol. The van der Waals surface area contributed by atoms with E-state index in [0.717, 1.165) is 31.9 Å². The largest absolute Gasteiger partial charge is 0.490 e. The van der Waals surface area contributed by atoms with Gasteiger partial charge in [-0.15, -0.1) is 0 Å². The van der Waals surface area contributed by atoms with E-state index in [1.807, 2.05) is 0 Å². The highest BCUT2D eigenvalue weighted by molar-refractivity contribution is 5.84. The molecule has 3 rings (SSSR count). The third-order valence-electron chi connectivity index (χ3n) is 6.04. The number of aliphatic hydroxyl groups excluding tert-OH is 1. The first-order valence-corrected chi connectivity index (χ1v) is 10.3. The maximum Gasteiger partial charge on any atom is 0.420 e. The van der Waals surface area contributed by atoms with Crippen molar-refractivity contribution >= 4 is 10.9 Å². The van der Waals surface area contributed by atoms with Gasteiger partial charge in [-0.1, -0.05) is 20.8 Å². The maximum absolute atomic E-state index is 14.0. The molecule has 0 spiro atoms. The van der Waals surface area contributed by atoms with Crippen molar-refractivity contribution in [1.29, 1.82) is 0 Å². The van der Waals surface area contributed by atoms with E-state index in [9.17, 15) is 18.3 Å². The Labute approximate surface area is 174 Å². The molecular formula is C22H30F3N3O2. The zero-order valence-corrected chi connectivity index (χ0v) is 17.9. The molecule has 1 atom stereocenters. The first kappa shape index (κ1) is 22.7. The van der Waals surface area contributed by atoms with Crippen LogP contribution in [0.3, 0.4) is 0 Å². The lowest BCUT2D eigenvalue weighted by Crippen LogP contribution is -2.38. The highest BCUT2D eigenvalue weighted by Crippen LogP contribution is 2.43. The van der Waals surface area contributed by atoms with Crippen molar-refractivity contribution in [3.8, 4) is 5.75 Å². The van der Waals surface area contributed by atoms with Gasteiger partial charge in [-0.25, -0.2) is 9.97 Å². The van der Waals surface area contributed by atoms with Gasteiger partial charge in [-0.05, 0) is 56.1 Å². The SMILES string of the molecule is CC(C)(C)C1CCC(Oc2ccc3nc([C@@](C)(N)CO)ncc3c2C(F)(F)F)CC1. The highest BCUT2D eigenvalue weighted by Gasteiger charge is 2.39. The molecule has 166 valence electrons. The fraction of sp³-hybridized carbons (Fsp3) is 0.636. The van der Waals surface area contributed by atoms with Crippen molar-refractivity contribution in [2.24, 2.45) is 17.1 Å². The van der Waals surface area contributed by atoms with Crippen molar-refractivity contribution < 1.29 is 23.0 Å². The molecule has 1 aliphatic carbocycles. The zero-order valence-electron chi connectivity index (χ0n) is 17.9. The van der Waals surface area contributed by atoms with E-state index >= 15 is 0 Å². The fourth-order valence-electron chi connectivity index (χ4n) is 4.05. The standard InChI is InChI=1S/C22H30F3N3O2/c1-20(2,3)13-5-7-14(8-6-13)30-17-10-9-16-15(18(17)22(23,24)25)11-27-19(28-16)21(4,26)12-29/h9-11,13-14,29H,5-8,12,26H2,1-4H3/t13?,14?,21-/m0/s1. The van der Waals surface area contributed by atoms with Crippen LogP contribution in [0.15, 0.2) is 18.3 Å². The summed E-state index contributed by atoms with van der Waals surface area (Å²) in [6, 6.07) is 2.81. The molecule has 0 amide bonds. The predicted octanol–water partition coefficient (Wildman–Crippen LogP) is 4.80. The summed E-state index contributed by atoms with van der Waals surface area (Å²) in [6.07, 6.45) is -0.416. The minimum absolute atomic E-state index is 0.0831. The number of hydrogen-bond donors (Lipinski definition) is 2. The molecule has 3 N–H and O–H groups in total. The Hall–Kier alpha value is -1.93. The van der Waals surface area contributed by atoms with Crippen LogP contribution in [0.25, 0.3) is 10.9 Å². The normalized spacial score (nSPS) is 22.7. The quantitative estimate of drug-likeness (QED) is 0.736. The van der Waals surface area contributed by atoms with Gasteiger partial charge in [0.05, 0.1) is 23.8 Å². The number of ether oxygens (including phenoxy) is 1. The number of halogens is 3. The third-order valence-corrected chi connectivity index (χ3v) is 6.04. The Morgan fingerprint density at radius 3 is 2.27 bits per heavy atom. The van der Waals surface area contributed by atoms with Crippen LogP contribution in [0.2, 0.25) is 0 Å². The lowest BCUT2D eigenvalue weighted by atomic mass is 9.72. The van der Waals surface area contributed by atoms with E-state index in [0.29, 0.717) is 5.92 Å². The van der Waals surface area contributed by atoms with Gasteiger partial charge in [0.1, 0.15) is 11.3 Å². The van der Waals surface area contributed by atoms with E-state index in [2.05, 4.69) is 30.7 Å². The minimum atomic E-state index is -4.62. The minimum Gasteiger partial charge on any atom is -0.490 e. The lowest BCUT2D eigenvalue weighted by Gasteiger charge is -2.37. The van der Waals surface area contributed by atoms with Crippen LogP contribution in [-0.4, -0.2) is 27.8 Å². The molecule has 0 bridgehead atoms. The van der Waals surface area contributed by atoms with Crippen LogP contribution >= 0.6 is 0 Å². The van der Waals surface area contributed by atoms with Gasteiger partial charge in [0.15, 0.2) is 5.82 Å². The van der Waals surface area contributed by atoms with E-state index in [4.69, 9.17) is 10.5 Å². The highest BCUT2D eigenvalue weighted by atomic mass is 19.4. The Morgan fingerprint density at radius 2 is 1.73 bits per heavy atom. The summed E-state index contributed by atoms with van der Waals surface area (Å²) in [6.45, 7) is 7.68. The van der Waals surface area contributed by atoms with E-state index in [1.165, 1.54) is 19.1 Å². The molecule has 5 nitrogen and oxygen atoms in total. The van der Waals surface area contributed by atoms with E-state index in [1.54, 1.807) is 0 Å². The van der Waals surface area contributed by atoms with Crippen LogP contribution in [-0.2, 0) is 11.7 Å². The number of alkyl halides is 3. The third kappa shape index (κ3) is 4.70. The Morgan fingerprint density at radius 1 is 1.10 bits per heavy atom. The summed E-state index contributed by atoms with van der Waals surface area (Å²) >= 11 is 0. The summed E-state index contributed by atoms with van der Waals surface area (Å²) in [5.74, 6) is 0.433. The second-order valence-electron chi connectivity index (χ2n) is 9.60. The monoisotopic (exact) mass is 425 g/mol. The van der Waals surface area contributed by atoms with E-state index in [-0.39, 0.29) is 34.0 Å². The Bertz CT molecular complexity index is 899. The van der Waals surface area contributed by atoms with Crippen LogP contribution in [0.4, 0.5) is 13.2 Å². The summed E-state index contributed by atoms with van der Waals surface area (Å²) in [5, 5.41) is 9.26. The van der Waals surface area contributed by atoms with Crippen molar-refractivity contribution in [2.45, 2.75) is 71.2 Å². The number of aliphatic hydroxyl groups is 1. The molecule has 0 saturated heterocycles. The molecule has 1 fully saturated rings. The smallest absolute Gasteiger partial charge is 0.420 e. The molecule has 2 aromatic rings. The number of hydrogen-bond acceptors (Lipinski definition) is 5. The van der Waals surface area contributed by atoms with Crippen LogP contribution in [0.5, 0.6) is 5.75 Å². The topological polar surface area (TPSA) is 81.3 Å². The number of nitrogens with two attached hydrogens (primary N) is 1. The Kier molecular flexibility index (Phi) is 6.04. The lowest BCUT2D eigenvalue weighted by molar-refractivity contribution is -0.138. The van der Waals surface area contributed by atoms with Gasteiger partial charge in [0, 0.05) is 11.6 Å². The number of rotatable bonds is 4. The van der Waals surface area contributed by atoms with Crippen molar-refractivity contribution in [3.63, 3.8) is 0 Å². The average Bonchev–Trinajstić information content (AvgIpc) is 2.66. The van der Waals surface area contributed by atoms with E-state index < -0.39 is 23.9 Å². The second-order valence-corrected chi connectivity index (χ2v) is 9.60. The molecule has 1 aliphatic rings. The molecular weight excluding hydrogens is 395 g/mol. The molecule has 0 unspecified atom stereocenters. The van der Waals surface area contributed by atoms with Crippen molar-refractivity contribution in [3.05, 3.63) is 29.7 Å². The molecule has 30 heavy (non-hydrogen) atoms. The van der Waals surface area contributed by atoms with Gasteiger partial charge in [0.2, 0.25) is 0 Å². The first-order valence-electron chi connectivity index (χ1n) is 10.3. The molecule has 0 radical (unpaired) electrons. The van der Waals surface area contributed by atoms with Crippen molar-refractivity contribution in [2.75, 3.05) is 6.61 Å². The van der Waals surface area contributed by atoms with Gasteiger partial charge >= 0.3 is 6.18 Å². The maximum atomic E-state index is 14.0. The van der Waals surface area contributed by atoms with Gasteiger partial charge in [-0.2, -0.15) is 13.2 Å². The second kappa shape index (κ2) is 7.96. The molecule has 1 saturated carbocycles. The van der Waals surface area contributed by atoms with Crippen LogP contribution in [0, 0.1) is 11.3 Å². The molecule has 1 aromatic carbocycles. The van der Waals surface area contributed by atoms with Crippen molar-refractivity contribution in [1.82, 2.24) is 9.97 Å². The Balaban J connectivity index is 1.93. The van der Waals surface area contributed by atoms with Gasteiger partial charge in [-0.3, -0.25) is 0 Å². The molecule has 8 heteroatoms. The van der Waals surface area contributed by atoms with Crippen LogP contribution in [0.1, 0.15) is 64.8 Å². The predicted molar refractivity (Wildman–Crippen MR) is 109 cm³/mol. The summed E-state index contributed by atoms with van der Waals surface area (Å²) in [4.78, 5) is 8.16. The first-order chi connectivity index (χ1) is 13.8. The van der Waals surface area contributed by atoms with Gasteiger partial charge in [0.25, 0.3) is 0 Å². The molecule has 1 aromatic heterocycles. The molecule has 1 heterocycles. The van der Waals surface area contributed by atoms with Gasteiger partial charge < -0.3 is 15.6 Å². The summed E-state index contributed by atoms with van der Waals surface area (Å²) in [7, 11) is 0. The number of aromatic nitrogens is 2. The zero-order chi connectivity index (χ0) is 22.3. The fourth-order valence-corrected chi connectivity index (χ4v) is 4.05.